The van der Waals surface area contributed by atoms with E-state index >= 15 is 0 Å². The molecule has 5 atom stereocenters. The summed E-state index contributed by atoms with van der Waals surface area (Å²) in [5, 5.41) is 30.3. The molecule has 3 rings (SSSR count). The van der Waals surface area contributed by atoms with E-state index in [-0.39, 0.29) is 16.4 Å². The Morgan fingerprint density at radius 1 is 1.30 bits per heavy atom. The number of ether oxygens (including phenoxy) is 1. The molecule has 2 saturated heterocycles. The molecule has 20 heavy (non-hydrogen) atoms. The van der Waals surface area contributed by atoms with Gasteiger partial charge in [0.05, 0.1) is 15.6 Å². The predicted octanol–water partition coefficient (Wildman–Crippen LogP) is 1.25. The minimum atomic E-state index is -0.870. The Balaban J connectivity index is 1.70. The average Bonchev–Trinajstić information content (AvgIpc) is 2.68. The van der Waals surface area contributed by atoms with E-state index < -0.39 is 23.2 Å². The highest BCUT2D eigenvalue weighted by molar-refractivity contribution is 8.17. The number of non-ortho nitro benzene ring substituents is 1. The molecule has 6 nitrogen and oxygen atoms in total. The van der Waals surface area contributed by atoms with Gasteiger partial charge in [0, 0.05) is 22.8 Å². The summed E-state index contributed by atoms with van der Waals surface area (Å²) in [6.45, 7) is 0. The Hall–Kier alpha value is -0.800. The Kier molecular flexibility index (Phi) is 3.91. The zero-order valence-electron chi connectivity index (χ0n) is 10.3. The number of nitro groups is 1. The summed E-state index contributed by atoms with van der Waals surface area (Å²) in [7, 11) is 0. The van der Waals surface area contributed by atoms with Crippen LogP contribution in [-0.4, -0.2) is 49.9 Å². The van der Waals surface area contributed by atoms with E-state index in [1.54, 1.807) is 23.9 Å². The summed E-state index contributed by atoms with van der Waals surface area (Å²) in [5.41, 5.74) is 0.0540. The number of rotatable bonds is 3. The van der Waals surface area contributed by atoms with Gasteiger partial charge >= 0.3 is 0 Å². The first kappa shape index (κ1) is 14.2. The molecule has 2 N–H and O–H groups in total. The fourth-order valence-electron chi connectivity index (χ4n) is 2.31. The number of thioether (sulfide) groups is 2. The molecular formula is C12H13NO5S2. The predicted molar refractivity (Wildman–Crippen MR) is 75.9 cm³/mol. The minimum Gasteiger partial charge on any atom is -0.388 e. The second-order valence-electron chi connectivity index (χ2n) is 4.69. The third-order valence-corrected chi connectivity index (χ3v) is 6.25. The van der Waals surface area contributed by atoms with Gasteiger partial charge in [0.2, 0.25) is 0 Å². The van der Waals surface area contributed by atoms with Crippen molar-refractivity contribution in [1.29, 1.82) is 0 Å². The van der Waals surface area contributed by atoms with Gasteiger partial charge < -0.3 is 14.9 Å². The normalized spacial score (nSPS) is 36.0. The van der Waals surface area contributed by atoms with Crippen LogP contribution >= 0.6 is 23.5 Å². The number of hydrogen-bond acceptors (Lipinski definition) is 7. The summed E-state index contributed by atoms with van der Waals surface area (Å²) >= 11 is 3.13. The molecule has 0 saturated carbocycles. The average molecular weight is 315 g/mol. The van der Waals surface area contributed by atoms with E-state index in [0.29, 0.717) is 5.75 Å². The lowest BCUT2D eigenvalue weighted by Gasteiger charge is -2.28. The van der Waals surface area contributed by atoms with Crippen molar-refractivity contribution < 1.29 is 19.9 Å². The Morgan fingerprint density at radius 3 is 2.65 bits per heavy atom. The van der Waals surface area contributed by atoms with Crippen molar-refractivity contribution in [2.24, 2.45) is 0 Å². The number of aliphatic hydroxyl groups excluding tert-OH is 2. The number of nitrogens with zero attached hydrogens (tertiary/aromatic N) is 1. The van der Waals surface area contributed by atoms with Gasteiger partial charge in [-0.1, -0.05) is 0 Å². The minimum absolute atomic E-state index is 0.0279. The zero-order chi connectivity index (χ0) is 14.3. The molecule has 1 aromatic rings. The van der Waals surface area contributed by atoms with Crippen molar-refractivity contribution in [2.45, 2.75) is 33.9 Å². The van der Waals surface area contributed by atoms with Gasteiger partial charge in [-0.25, -0.2) is 0 Å². The van der Waals surface area contributed by atoms with Gasteiger partial charge in [-0.3, -0.25) is 10.1 Å². The maximum absolute atomic E-state index is 10.6. The molecule has 2 aliphatic heterocycles. The lowest BCUT2D eigenvalue weighted by atomic mass is 10.1. The quantitative estimate of drug-likeness (QED) is 0.640. The number of nitro benzene ring substituents is 1. The second-order valence-corrected chi connectivity index (χ2v) is 7.38. The van der Waals surface area contributed by atoms with Crippen LogP contribution in [0.25, 0.3) is 0 Å². The van der Waals surface area contributed by atoms with Crippen LogP contribution in [-0.2, 0) is 4.74 Å². The maximum atomic E-state index is 10.6. The van der Waals surface area contributed by atoms with Crippen molar-refractivity contribution in [3.8, 4) is 0 Å². The van der Waals surface area contributed by atoms with Gasteiger partial charge in [-0.15, -0.1) is 23.5 Å². The fraction of sp³-hybridized carbons (Fsp3) is 0.500. The first-order valence-electron chi connectivity index (χ1n) is 6.10. The molecule has 0 amide bonds. The molecule has 0 aromatic heterocycles. The monoisotopic (exact) mass is 315 g/mol. The van der Waals surface area contributed by atoms with Gasteiger partial charge in [0.1, 0.15) is 18.3 Å². The molecule has 0 radical (unpaired) electrons. The molecule has 0 unspecified atom stereocenters. The molecular weight excluding hydrogens is 302 g/mol. The van der Waals surface area contributed by atoms with Gasteiger partial charge in [-0.05, 0) is 12.1 Å². The first-order valence-corrected chi connectivity index (χ1v) is 8.03. The highest BCUT2D eigenvalue weighted by Crippen LogP contribution is 2.44. The molecule has 2 fully saturated rings. The third-order valence-electron chi connectivity index (χ3n) is 3.39. The van der Waals surface area contributed by atoms with Crippen LogP contribution < -0.4 is 0 Å². The largest absolute Gasteiger partial charge is 0.388 e. The third kappa shape index (κ3) is 2.53. The maximum Gasteiger partial charge on any atom is 0.269 e. The summed E-state index contributed by atoms with van der Waals surface area (Å²) in [4.78, 5) is 11.0. The second kappa shape index (κ2) is 5.53. The van der Waals surface area contributed by atoms with E-state index in [4.69, 9.17) is 4.74 Å². The van der Waals surface area contributed by atoms with Crippen molar-refractivity contribution >= 4 is 29.2 Å². The summed E-state index contributed by atoms with van der Waals surface area (Å²) in [6.07, 6.45) is -2.40. The van der Waals surface area contributed by atoms with E-state index in [0.717, 1.165) is 4.90 Å². The highest BCUT2D eigenvalue weighted by atomic mass is 32.2. The van der Waals surface area contributed by atoms with Crippen LogP contribution in [0, 0.1) is 10.1 Å². The number of benzene rings is 1. The molecule has 0 aliphatic carbocycles. The number of fused-ring (bicyclic) bond motifs is 2. The first-order chi connectivity index (χ1) is 9.56. The van der Waals surface area contributed by atoms with Crippen molar-refractivity contribution in [1.82, 2.24) is 0 Å². The molecule has 2 aliphatic rings. The molecule has 1 aromatic carbocycles. The van der Waals surface area contributed by atoms with Crippen LogP contribution in [0.15, 0.2) is 29.2 Å². The van der Waals surface area contributed by atoms with Gasteiger partial charge in [0.25, 0.3) is 5.69 Å². The van der Waals surface area contributed by atoms with Gasteiger partial charge in [-0.2, -0.15) is 0 Å². The molecule has 8 heteroatoms. The Morgan fingerprint density at radius 2 is 2.00 bits per heavy atom. The summed E-state index contributed by atoms with van der Waals surface area (Å²) in [6, 6.07) is 6.29. The number of aliphatic hydroxyl groups is 2. The summed E-state index contributed by atoms with van der Waals surface area (Å²) in [5.74, 6) is 0.638. The van der Waals surface area contributed by atoms with Crippen LogP contribution in [0.3, 0.4) is 0 Å². The van der Waals surface area contributed by atoms with Crippen LogP contribution in [0.2, 0.25) is 0 Å². The van der Waals surface area contributed by atoms with Crippen molar-refractivity contribution in [3.05, 3.63) is 34.4 Å². The van der Waals surface area contributed by atoms with E-state index in [1.165, 1.54) is 23.9 Å². The van der Waals surface area contributed by atoms with E-state index in [9.17, 15) is 20.3 Å². The zero-order valence-corrected chi connectivity index (χ0v) is 11.9. The summed E-state index contributed by atoms with van der Waals surface area (Å²) < 4.78 is 5.59. The highest BCUT2D eigenvalue weighted by Gasteiger charge is 2.50. The van der Waals surface area contributed by atoms with Gasteiger partial charge in [0.15, 0.2) is 0 Å². The SMILES string of the molecule is O=[N+]([O-])c1ccc(S[C@H]2SC[C@@H]3O[C@H]2[C@@H](O)[C@@H]3O)cc1. The molecule has 2 heterocycles. The fourth-order valence-corrected chi connectivity index (χ4v) is 5.14. The molecule has 0 spiro atoms. The van der Waals surface area contributed by atoms with Crippen molar-refractivity contribution in [2.75, 3.05) is 5.75 Å². The van der Waals surface area contributed by atoms with Crippen molar-refractivity contribution in [3.63, 3.8) is 0 Å². The van der Waals surface area contributed by atoms with Crippen LogP contribution in [0.5, 0.6) is 0 Å². The Bertz CT molecular complexity index is 511. The lowest BCUT2D eigenvalue weighted by Crippen LogP contribution is -2.34. The standard InChI is InChI=1S/C12H13NO5S2/c14-9-8-5-19-12(11(18-8)10(9)15)20-7-3-1-6(2-4-7)13(16)17/h1-4,8-12,14-15H,5H2/t8-,9+,10-,11-,12+/m0/s1. The van der Waals surface area contributed by atoms with Crippen LogP contribution in [0.4, 0.5) is 5.69 Å². The molecule has 108 valence electrons. The lowest BCUT2D eigenvalue weighted by molar-refractivity contribution is -0.384. The van der Waals surface area contributed by atoms with E-state index in [2.05, 4.69) is 0 Å². The Labute approximate surface area is 123 Å². The smallest absolute Gasteiger partial charge is 0.269 e. The van der Waals surface area contributed by atoms with E-state index in [1.807, 2.05) is 0 Å². The molecule has 2 bridgehead atoms. The topological polar surface area (TPSA) is 92.8 Å². The number of hydrogen-bond donors (Lipinski definition) is 2. The van der Waals surface area contributed by atoms with Crippen LogP contribution in [0.1, 0.15) is 0 Å².